The van der Waals surface area contributed by atoms with Crippen LogP contribution in [0.25, 0.3) is 5.32 Å². The fourth-order valence-electron chi connectivity index (χ4n) is 1.27. The van der Waals surface area contributed by atoms with Gasteiger partial charge in [-0.05, 0) is 25.8 Å². The van der Waals surface area contributed by atoms with Gasteiger partial charge in [0.2, 0.25) is 5.91 Å². The molecule has 0 aromatic carbocycles. The molecular formula is C14H28N2O3Y+. The second-order valence-electron chi connectivity index (χ2n) is 5.34. The van der Waals surface area contributed by atoms with Crippen LogP contribution in [-0.4, -0.2) is 48.6 Å². The van der Waals surface area contributed by atoms with Crippen LogP contribution in [0.4, 0.5) is 0 Å². The molecule has 0 rings (SSSR count). The summed E-state index contributed by atoms with van der Waals surface area (Å²) in [6.45, 7) is 9.09. The first-order chi connectivity index (χ1) is 8.11. The van der Waals surface area contributed by atoms with Crippen LogP contribution < -0.4 is 0 Å². The molecule has 114 valence electrons. The number of hydrogen-bond acceptors (Lipinski definition) is 3. The number of ether oxygens (including phenoxy) is 1. The second kappa shape index (κ2) is 9.85. The first kappa shape index (κ1) is 25.0. The van der Waals surface area contributed by atoms with Crippen LogP contribution in [0, 0.1) is 7.43 Å². The summed E-state index contributed by atoms with van der Waals surface area (Å²) in [4.78, 5) is 25.6. The van der Waals surface area contributed by atoms with Gasteiger partial charge in [-0.3, -0.25) is 4.79 Å². The van der Waals surface area contributed by atoms with E-state index in [1.54, 1.807) is 41.8 Å². The fraction of sp³-hybridized carbons (Fsp3) is 0.786. The molecule has 6 heteroatoms. The van der Waals surface area contributed by atoms with E-state index in [2.05, 4.69) is 5.32 Å². The molecule has 0 aliphatic heterocycles. The summed E-state index contributed by atoms with van der Waals surface area (Å²) in [5.74, 6) is -0.601. The van der Waals surface area contributed by atoms with Crippen molar-refractivity contribution in [2.75, 3.05) is 20.7 Å². The summed E-state index contributed by atoms with van der Waals surface area (Å²) < 4.78 is 5.11. The number of carbonyl (C=O) groups excluding carboxylic acids is 2. The van der Waals surface area contributed by atoms with Gasteiger partial charge in [-0.15, -0.1) is 0 Å². The van der Waals surface area contributed by atoms with E-state index in [-0.39, 0.29) is 46.0 Å². The SMILES string of the molecule is CCCOC(=O)C(C)(C)N(C)C(=O)C(C)(C)[N-]C.[CH3-].[Y+3]. The Balaban J connectivity index is -0.00000144. The van der Waals surface area contributed by atoms with Crippen molar-refractivity contribution in [2.24, 2.45) is 0 Å². The number of esters is 1. The maximum Gasteiger partial charge on any atom is 3.00 e. The summed E-state index contributed by atoms with van der Waals surface area (Å²) >= 11 is 0. The molecule has 0 aliphatic rings. The summed E-state index contributed by atoms with van der Waals surface area (Å²) in [5, 5.41) is 4.03. The van der Waals surface area contributed by atoms with Gasteiger partial charge in [-0.2, -0.15) is 7.05 Å². The maximum absolute atomic E-state index is 12.2. The zero-order chi connectivity index (χ0) is 14.6. The van der Waals surface area contributed by atoms with Gasteiger partial charge in [0.1, 0.15) is 5.54 Å². The minimum absolute atomic E-state index is 0. The van der Waals surface area contributed by atoms with Crippen molar-refractivity contribution in [3.05, 3.63) is 12.7 Å². The average molecular weight is 361 g/mol. The third-order valence-electron chi connectivity index (χ3n) is 3.16. The van der Waals surface area contributed by atoms with E-state index in [1.807, 2.05) is 6.92 Å². The molecule has 0 spiro atoms. The fourth-order valence-corrected chi connectivity index (χ4v) is 1.27. The average Bonchev–Trinajstić information content (AvgIpc) is 2.33. The molecule has 0 saturated carbocycles. The molecule has 0 N–H and O–H groups in total. The molecule has 0 atom stereocenters. The normalized spacial score (nSPS) is 10.9. The van der Waals surface area contributed by atoms with Crippen LogP contribution >= 0.6 is 0 Å². The Morgan fingerprint density at radius 3 is 2.00 bits per heavy atom. The first-order valence-corrected chi connectivity index (χ1v) is 6.17. The molecule has 0 aliphatic carbocycles. The minimum atomic E-state index is -0.992. The predicted octanol–water partition coefficient (Wildman–Crippen LogP) is 2.41. The number of carbonyl (C=O) groups is 2. The van der Waals surface area contributed by atoms with Crippen LogP contribution in [0.5, 0.6) is 0 Å². The number of amides is 1. The zero-order valence-corrected chi connectivity index (χ0v) is 16.9. The third kappa shape index (κ3) is 6.19. The van der Waals surface area contributed by atoms with Gasteiger partial charge in [-0.1, -0.05) is 20.8 Å². The van der Waals surface area contributed by atoms with Crippen LogP contribution in [0.2, 0.25) is 0 Å². The van der Waals surface area contributed by atoms with Crippen molar-refractivity contribution in [1.82, 2.24) is 4.90 Å². The van der Waals surface area contributed by atoms with E-state index < -0.39 is 17.0 Å². The van der Waals surface area contributed by atoms with E-state index in [4.69, 9.17) is 4.74 Å². The predicted molar refractivity (Wildman–Crippen MR) is 77.9 cm³/mol. The molecule has 0 aromatic rings. The zero-order valence-electron chi connectivity index (χ0n) is 14.1. The largest absolute Gasteiger partial charge is 3.00 e. The van der Waals surface area contributed by atoms with Gasteiger partial charge in [0.05, 0.1) is 6.61 Å². The Hall–Kier alpha value is 0.00390. The Bertz CT molecular complexity index is 318. The molecule has 0 fully saturated rings. The van der Waals surface area contributed by atoms with Crippen molar-refractivity contribution in [1.29, 1.82) is 0 Å². The van der Waals surface area contributed by atoms with Crippen LogP contribution in [0.1, 0.15) is 41.0 Å². The van der Waals surface area contributed by atoms with Crippen molar-refractivity contribution in [3.8, 4) is 0 Å². The molecule has 0 saturated heterocycles. The van der Waals surface area contributed by atoms with Gasteiger partial charge in [0, 0.05) is 7.05 Å². The van der Waals surface area contributed by atoms with Crippen molar-refractivity contribution in [2.45, 2.75) is 52.1 Å². The number of nitrogens with zero attached hydrogens (tertiary/aromatic N) is 2. The van der Waals surface area contributed by atoms with Gasteiger partial charge in [0.25, 0.3) is 0 Å². The summed E-state index contributed by atoms with van der Waals surface area (Å²) in [6, 6.07) is 0. The quantitative estimate of drug-likeness (QED) is 0.539. The van der Waals surface area contributed by atoms with E-state index in [0.29, 0.717) is 6.61 Å². The topological polar surface area (TPSA) is 60.7 Å². The Morgan fingerprint density at radius 2 is 1.65 bits per heavy atom. The standard InChI is InChI=1S/C13H25N2O3.CH3.Y/c1-8-9-18-11(17)13(4,5)15(7)10(16)12(2,3)14-6;;/h8-9H2,1-7H3;1H3;/q2*-1;+3. The summed E-state index contributed by atoms with van der Waals surface area (Å²) in [7, 11) is 3.19. The van der Waals surface area contributed by atoms with Crippen LogP contribution in [-0.2, 0) is 47.0 Å². The molecular weight excluding hydrogens is 333 g/mol. The van der Waals surface area contributed by atoms with Crippen molar-refractivity contribution < 1.29 is 47.0 Å². The summed E-state index contributed by atoms with van der Waals surface area (Å²) in [6.07, 6.45) is 0.759. The van der Waals surface area contributed by atoms with Gasteiger partial charge < -0.3 is 22.4 Å². The molecule has 1 amide bonds. The minimum Gasteiger partial charge on any atom is -0.652 e. The second-order valence-corrected chi connectivity index (χ2v) is 5.34. The maximum atomic E-state index is 12.2. The Kier molecular flexibility index (Phi) is 12.3. The van der Waals surface area contributed by atoms with E-state index in [0.717, 1.165) is 6.42 Å². The molecule has 0 heterocycles. The molecule has 5 nitrogen and oxygen atoms in total. The molecule has 0 radical (unpaired) electrons. The van der Waals surface area contributed by atoms with Crippen LogP contribution in [0.15, 0.2) is 0 Å². The van der Waals surface area contributed by atoms with Gasteiger partial charge in [0.15, 0.2) is 0 Å². The molecule has 0 aromatic heterocycles. The van der Waals surface area contributed by atoms with Crippen molar-refractivity contribution >= 4 is 11.9 Å². The first-order valence-electron chi connectivity index (χ1n) is 6.17. The van der Waals surface area contributed by atoms with E-state index in [1.165, 1.54) is 4.90 Å². The Morgan fingerprint density at radius 1 is 1.20 bits per heavy atom. The molecule has 0 bridgehead atoms. The monoisotopic (exact) mass is 361 g/mol. The smallest absolute Gasteiger partial charge is 0.652 e. The van der Waals surface area contributed by atoms with E-state index >= 15 is 0 Å². The Labute approximate surface area is 149 Å². The number of likely N-dealkylation sites (N-methyl/N-ethyl adjacent to an activating group) is 2. The van der Waals surface area contributed by atoms with E-state index in [9.17, 15) is 9.59 Å². The van der Waals surface area contributed by atoms with Gasteiger partial charge in [-0.25, -0.2) is 4.79 Å². The summed E-state index contributed by atoms with van der Waals surface area (Å²) in [5.41, 5.74) is -1.83. The van der Waals surface area contributed by atoms with Gasteiger partial charge >= 0.3 is 38.7 Å². The molecule has 0 unspecified atom stereocenters. The third-order valence-corrected chi connectivity index (χ3v) is 3.16. The van der Waals surface area contributed by atoms with Crippen LogP contribution in [0.3, 0.4) is 0 Å². The number of hydrogen-bond donors (Lipinski definition) is 0. The van der Waals surface area contributed by atoms with Crippen molar-refractivity contribution in [3.63, 3.8) is 0 Å². The number of rotatable bonds is 6. The molecule has 20 heavy (non-hydrogen) atoms.